The van der Waals surface area contributed by atoms with E-state index in [1.54, 1.807) is 7.11 Å². The number of methoxy groups -OCH3 is 1. The van der Waals surface area contributed by atoms with Gasteiger partial charge in [0.2, 0.25) is 0 Å². The largest absolute Gasteiger partial charge is 0.497 e. The number of hydrogen-bond acceptors (Lipinski definition) is 2. The van der Waals surface area contributed by atoms with Gasteiger partial charge in [-0.05, 0) is 42.9 Å². The Balaban J connectivity index is 2.37. The van der Waals surface area contributed by atoms with Crippen molar-refractivity contribution in [1.82, 2.24) is 0 Å². The van der Waals surface area contributed by atoms with Crippen LogP contribution in [0.4, 0.5) is 0 Å². The molecule has 0 N–H and O–H groups in total. The van der Waals surface area contributed by atoms with Gasteiger partial charge in [-0.2, -0.15) is 0 Å². The number of carbonyl (C=O) groups is 1. The van der Waals surface area contributed by atoms with Crippen molar-refractivity contribution in [3.05, 3.63) is 42.5 Å². The summed E-state index contributed by atoms with van der Waals surface area (Å²) in [7, 11) is 1.66. The van der Waals surface area contributed by atoms with E-state index in [2.05, 4.69) is 6.58 Å². The van der Waals surface area contributed by atoms with Gasteiger partial charge in [0.25, 0.3) is 0 Å². The second-order valence-electron chi connectivity index (χ2n) is 5.71. The van der Waals surface area contributed by atoms with Crippen LogP contribution in [0.1, 0.15) is 44.1 Å². The van der Waals surface area contributed by atoms with Gasteiger partial charge in [-0.3, -0.25) is 0 Å². The Hall–Kier alpha value is -1.57. The number of allylic oxidation sites excluding steroid dienone is 1. The zero-order valence-corrected chi connectivity index (χ0v) is 12.3. The lowest BCUT2D eigenvalue weighted by Crippen LogP contribution is -2.38. The normalized spacial score (nSPS) is 19.1. The van der Waals surface area contributed by atoms with Crippen molar-refractivity contribution in [1.29, 1.82) is 0 Å². The fourth-order valence-electron chi connectivity index (χ4n) is 3.49. The predicted octanol–water partition coefficient (Wildman–Crippen LogP) is 4.29. The first-order valence-corrected chi connectivity index (χ1v) is 7.48. The van der Waals surface area contributed by atoms with E-state index in [1.807, 2.05) is 30.3 Å². The molecule has 0 spiro atoms. The molecular weight excluding hydrogens is 248 g/mol. The molecule has 0 unspecified atom stereocenters. The minimum absolute atomic E-state index is 0.408. The Labute approximate surface area is 121 Å². The molecule has 0 radical (unpaired) electrons. The zero-order chi connectivity index (χ0) is 14.4. The molecule has 0 bridgehead atoms. The van der Waals surface area contributed by atoms with Gasteiger partial charge in [0, 0.05) is 0 Å². The zero-order valence-electron chi connectivity index (χ0n) is 12.3. The molecule has 1 aromatic carbocycles. The van der Waals surface area contributed by atoms with Gasteiger partial charge in [-0.25, -0.2) is 0 Å². The quantitative estimate of drug-likeness (QED) is 0.570. The van der Waals surface area contributed by atoms with Crippen LogP contribution in [0.25, 0.3) is 0 Å². The molecule has 1 aliphatic carbocycles. The molecule has 0 aromatic heterocycles. The van der Waals surface area contributed by atoms with Crippen molar-refractivity contribution >= 4 is 6.29 Å². The van der Waals surface area contributed by atoms with E-state index < -0.39 is 5.41 Å². The second kappa shape index (κ2) is 6.74. The summed E-state index contributed by atoms with van der Waals surface area (Å²) in [4.78, 5) is 12.0. The van der Waals surface area contributed by atoms with Crippen LogP contribution in [0.3, 0.4) is 0 Å². The molecule has 0 heterocycles. The average Bonchev–Trinajstić information content (AvgIpc) is 2.54. The maximum atomic E-state index is 12.0. The summed E-state index contributed by atoms with van der Waals surface area (Å²) in [6.45, 7) is 3.86. The third kappa shape index (κ3) is 2.79. The molecule has 20 heavy (non-hydrogen) atoms. The van der Waals surface area contributed by atoms with E-state index >= 15 is 0 Å². The van der Waals surface area contributed by atoms with Gasteiger partial charge in [0.1, 0.15) is 12.0 Å². The Morgan fingerprint density at radius 1 is 1.25 bits per heavy atom. The van der Waals surface area contributed by atoms with Crippen molar-refractivity contribution in [3.8, 4) is 5.75 Å². The Morgan fingerprint density at radius 3 is 2.40 bits per heavy atom. The summed E-state index contributed by atoms with van der Waals surface area (Å²) >= 11 is 0. The van der Waals surface area contributed by atoms with Gasteiger partial charge in [-0.15, -0.1) is 6.58 Å². The molecule has 2 rings (SSSR count). The molecule has 1 atom stereocenters. The molecule has 0 saturated heterocycles. The minimum atomic E-state index is -0.408. The summed E-state index contributed by atoms with van der Waals surface area (Å²) in [5.41, 5.74) is 0.689. The maximum absolute atomic E-state index is 12.0. The third-order valence-electron chi connectivity index (χ3n) is 4.65. The van der Waals surface area contributed by atoms with Crippen molar-refractivity contribution in [3.63, 3.8) is 0 Å². The molecular formula is C18H24O2. The summed E-state index contributed by atoms with van der Waals surface area (Å²) in [5.74, 6) is 1.26. The van der Waals surface area contributed by atoms with Gasteiger partial charge < -0.3 is 9.53 Å². The monoisotopic (exact) mass is 272 g/mol. The standard InChI is InChI=1S/C18H24O2/c1-3-13-18(14-19,15-7-5-4-6-8-15)16-9-11-17(20-2)12-10-16/h3,9-12,14-15H,1,4-8,13H2,2H3/t18-/m0/s1. The number of aldehydes is 1. The summed E-state index contributed by atoms with van der Waals surface area (Å²) in [6.07, 6.45) is 9.79. The lowest BCUT2D eigenvalue weighted by atomic mass is 9.64. The van der Waals surface area contributed by atoms with Crippen LogP contribution in [-0.2, 0) is 10.2 Å². The molecule has 1 saturated carbocycles. The first-order chi connectivity index (χ1) is 9.76. The molecule has 2 heteroatoms. The van der Waals surface area contributed by atoms with Crippen molar-refractivity contribution < 1.29 is 9.53 Å². The molecule has 0 amide bonds. The first-order valence-electron chi connectivity index (χ1n) is 7.48. The van der Waals surface area contributed by atoms with Gasteiger partial charge in [-0.1, -0.05) is 37.5 Å². The van der Waals surface area contributed by atoms with E-state index in [0.717, 1.165) is 30.4 Å². The number of hydrogen-bond donors (Lipinski definition) is 0. The van der Waals surface area contributed by atoms with Gasteiger partial charge in [0.05, 0.1) is 12.5 Å². The Morgan fingerprint density at radius 2 is 1.90 bits per heavy atom. The van der Waals surface area contributed by atoms with E-state index in [4.69, 9.17) is 4.74 Å². The summed E-state index contributed by atoms with van der Waals surface area (Å²) in [6, 6.07) is 7.95. The van der Waals surface area contributed by atoms with Gasteiger partial charge in [0.15, 0.2) is 0 Å². The topological polar surface area (TPSA) is 26.3 Å². The summed E-state index contributed by atoms with van der Waals surface area (Å²) < 4.78 is 5.21. The van der Waals surface area contributed by atoms with Crippen LogP contribution < -0.4 is 4.74 Å². The molecule has 2 nitrogen and oxygen atoms in total. The number of benzene rings is 1. The minimum Gasteiger partial charge on any atom is -0.497 e. The SMILES string of the molecule is C=CC[C@@](C=O)(c1ccc(OC)cc1)C1CCCCC1. The highest BCUT2D eigenvalue weighted by Gasteiger charge is 2.39. The third-order valence-corrected chi connectivity index (χ3v) is 4.65. The van der Waals surface area contributed by atoms with Crippen LogP contribution >= 0.6 is 0 Å². The number of carbonyl (C=O) groups excluding carboxylic acids is 1. The molecule has 0 aliphatic heterocycles. The van der Waals surface area contributed by atoms with Crippen LogP contribution in [0.5, 0.6) is 5.75 Å². The van der Waals surface area contributed by atoms with Crippen molar-refractivity contribution in [2.24, 2.45) is 5.92 Å². The van der Waals surface area contributed by atoms with Crippen LogP contribution in [-0.4, -0.2) is 13.4 Å². The highest BCUT2D eigenvalue weighted by atomic mass is 16.5. The predicted molar refractivity (Wildman–Crippen MR) is 82.1 cm³/mol. The first kappa shape index (κ1) is 14.8. The van der Waals surface area contributed by atoms with E-state index in [0.29, 0.717) is 12.3 Å². The Kier molecular flexibility index (Phi) is 4.99. The fraction of sp³-hybridized carbons (Fsp3) is 0.500. The number of ether oxygens (including phenoxy) is 1. The van der Waals surface area contributed by atoms with Crippen molar-refractivity contribution in [2.45, 2.75) is 43.9 Å². The van der Waals surface area contributed by atoms with Crippen molar-refractivity contribution in [2.75, 3.05) is 7.11 Å². The van der Waals surface area contributed by atoms with Gasteiger partial charge >= 0.3 is 0 Å². The van der Waals surface area contributed by atoms with E-state index in [-0.39, 0.29) is 0 Å². The highest BCUT2D eigenvalue weighted by Crippen LogP contribution is 2.42. The molecule has 1 aliphatic rings. The fourth-order valence-corrected chi connectivity index (χ4v) is 3.49. The van der Waals surface area contributed by atoms with E-state index in [9.17, 15) is 4.79 Å². The van der Waals surface area contributed by atoms with Crippen LogP contribution in [0.2, 0.25) is 0 Å². The molecule has 108 valence electrons. The molecule has 1 aromatic rings. The number of rotatable bonds is 6. The smallest absolute Gasteiger partial charge is 0.131 e. The lowest BCUT2D eigenvalue weighted by Gasteiger charge is -2.38. The average molecular weight is 272 g/mol. The lowest BCUT2D eigenvalue weighted by molar-refractivity contribution is -0.114. The van der Waals surface area contributed by atoms with Crippen LogP contribution in [0, 0.1) is 5.92 Å². The summed E-state index contributed by atoms with van der Waals surface area (Å²) in [5, 5.41) is 0. The van der Waals surface area contributed by atoms with Crippen LogP contribution in [0.15, 0.2) is 36.9 Å². The second-order valence-corrected chi connectivity index (χ2v) is 5.71. The Bertz CT molecular complexity index is 443. The molecule has 1 fully saturated rings. The van der Waals surface area contributed by atoms with E-state index in [1.165, 1.54) is 19.3 Å². The maximum Gasteiger partial charge on any atom is 0.131 e. The highest BCUT2D eigenvalue weighted by molar-refractivity contribution is 5.70.